The van der Waals surface area contributed by atoms with Gasteiger partial charge in [-0.25, -0.2) is 0 Å². The quantitative estimate of drug-likeness (QED) is 0.858. The monoisotopic (exact) mass is 283 g/mol. The Kier molecular flexibility index (Phi) is 4.00. The van der Waals surface area contributed by atoms with Crippen molar-refractivity contribution in [3.63, 3.8) is 0 Å². The molecular formula is C18H21NO2. The van der Waals surface area contributed by atoms with Gasteiger partial charge in [0.1, 0.15) is 17.6 Å². The highest BCUT2D eigenvalue weighted by atomic mass is 16.5. The number of nitrogen functional groups attached to an aromatic ring is 1. The van der Waals surface area contributed by atoms with Gasteiger partial charge in [0.15, 0.2) is 0 Å². The van der Waals surface area contributed by atoms with Gasteiger partial charge in [0, 0.05) is 6.07 Å². The molecule has 21 heavy (non-hydrogen) atoms. The highest BCUT2D eigenvalue weighted by Gasteiger charge is 2.21. The second-order valence-corrected chi connectivity index (χ2v) is 5.33. The van der Waals surface area contributed by atoms with Crippen molar-refractivity contribution in [3.05, 3.63) is 53.6 Å². The molecule has 0 spiro atoms. The largest absolute Gasteiger partial charge is 0.492 e. The molecule has 0 fully saturated rings. The topological polar surface area (TPSA) is 44.5 Å². The van der Waals surface area contributed by atoms with Gasteiger partial charge in [0.2, 0.25) is 0 Å². The fraction of sp³-hybridized carbons (Fsp3) is 0.333. The van der Waals surface area contributed by atoms with Crippen molar-refractivity contribution >= 4 is 5.69 Å². The van der Waals surface area contributed by atoms with E-state index in [9.17, 15) is 0 Å². The number of ether oxygens (including phenoxy) is 2. The first kappa shape index (κ1) is 13.8. The molecule has 2 aromatic carbocycles. The van der Waals surface area contributed by atoms with E-state index in [-0.39, 0.29) is 6.10 Å². The molecule has 0 bridgehead atoms. The summed E-state index contributed by atoms with van der Waals surface area (Å²) in [5.74, 6) is 1.51. The summed E-state index contributed by atoms with van der Waals surface area (Å²) < 4.78 is 11.7. The first-order valence-electron chi connectivity index (χ1n) is 7.54. The predicted octanol–water partition coefficient (Wildman–Crippen LogP) is 4.12. The third kappa shape index (κ3) is 2.97. The van der Waals surface area contributed by atoms with Crippen LogP contribution in [0.5, 0.6) is 11.5 Å². The van der Waals surface area contributed by atoms with Gasteiger partial charge >= 0.3 is 0 Å². The highest BCUT2D eigenvalue weighted by molar-refractivity contribution is 5.55. The fourth-order valence-electron chi connectivity index (χ4n) is 2.86. The SMILES string of the molecule is CCOc1cc(OC2CCCc3ccccc32)ccc1N. The Balaban J connectivity index is 1.83. The minimum absolute atomic E-state index is 0.119. The van der Waals surface area contributed by atoms with E-state index < -0.39 is 0 Å². The summed E-state index contributed by atoms with van der Waals surface area (Å²) in [6.45, 7) is 2.55. The van der Waals surface area contributed by atoms with Gasteiger partial charge in [-0.15, -0.1) is 0 Å². The zero-order valence-electron chi connectivity index (χ0n) is 12.3. The van der Waals surface area contributed by atoms with E-state index in [1.165, 1.54) is 11.1 Å². The summed E-state index contributed by atoms with van der Waals surface area (Å²) in [7, 11) is 0. The maximum absolute atomic E-state index is 6.19. The lowest BCUT2D eigenvalue weighted by Gasteiger charge is -2.26. The van der Waals surface area contributed by atoms with E-state index in [2.05, 4.69) is 24.3 Å². The third-order valence-electron chi connectivity index (χ3n) is 3.88. The lowest BCUT2D eigenvalue weighted by molar-refractivity contribution is 0.182. The van der Waals surface area contributed by atoms with E-state index in [4.69, 9.17) is 15.2 Å². The average molecular weight is 283 g/mol. The van der Waals surface area contributed by atoms with Crippen LogP contribution in [0, 0.1) is 0 Å². The van der Waals surface area contributed by atoms with Crippen molar-refractivity contribution in [2.24, 2.45) is 0 Å². The minimum atomic E-state index is 0.119. The van der Waals surface area contributed by atoms with Crippen molar-refractivity contribution in [2.45, 2.75) is 32.3 Å². The Labute approximate surface area is 125 Å². The van der Waals surface area contributed by atoms with E-state index in [1.807, 2.05) is 25.1 Å². The molecule has 2 aromatic rings. The Hall–Kier alpha value is -2.16. The number of nitrogens with two attached hydrogens (primary N) is 1. The van der Waals surface area contributed by atoms with Crippen molar-refractivity contribution < 1.29 is 9.47 Å². The first-order chi connectivity index (χ1) is 10.3. The van der Waals surface area contributed by atoms with Crippen LogP contribution in [0.15, 0.2) is 42.5 Å². The van der Waals surface area contributed by atoms with Gasteiger partial charge in [-0.3, -0.25) is 0 Å². The summed E-state index contributed by atoms with van der Waals surface area (Å²) in [6.07, 6.45) is 3.47. The standard InChI is InChI=1S/C18H21NO2/c1-2-20-18-12-14(10-11-16(18)19)21-17-9-5-7-13-6-3-4-8-15(13)17/h3-4,6,8,10-12,17H,2,5,7,9,19H2,1H3. The zero-order valence-corrected chi connectivity index (χ0v) is 12.3. The van der Waals surface area contributed by atoms with E-state index in [1.54, 1.807) is 0 Å². The Morgan fingerprint density at radius 3 is 2.90 bits per heavy atom. The molecule has 0 aliphatic heterocycles. The number of anilines is 1. The maximum atomic E-state index is 6.19. The smallest absolute Gasteiger partial charge is 0.145 e. The van der Waals surface area contributed by atoms with Crippen molar-refractivity contribution in [1.29, 1.82) is 0 Å². The molecule has 0 amide bonds. The molecule has 3 rings (SSSR count). The molecule has 2 N–H and O–H groups in total. The minimum Gasteiger partial charge on any atom is -0.492 e. The molecule has 1 aliphatic rings. The number of aryl methyl sites for hydroxylation is 1. The maximum Gasteiger partial charge on any atom is 0.145 e. The second-order valence-electron chi connectivity index (χ2n) is 5.33. The predicted molar refractivity (Wildman–Crippen MR) is 84.8 cm³/mol. The zero-order chi connectivity index (χ0) is 14.7. The van der Waals surface area contributed by atoms with Crippen LogP contribution in [0.1, 0.15) is 37.0 Å². The molecule has 0 radical (unpaired) electrons. The summed E-state index contributed by atoms with van der Waals surface area (Å²) in [6, 6.07) is 14.2. The number of rotatable bonds is 4. The fourth-order valence-corrected chi connectivity index (χ4v) is 2.86. The van der Waals surface area contributed by atoms with Crippen LogP contribution in [0.3, 0.4) is 0 Å². The lowest BCUT2D eigenvalue weighted by Crippen LogP contribution is -2.15. The molecule has 0 saturated carbocycles. The van der Waals surface area contributed by atoms with Crippen molar-refractivity contribution in [1.82, 2.24) is 0 Å². The molecular weight excluding hydrogens is 262 g/mol. The number of hydrogen-bond donors (Lipinski definition) is 1. The molecule has 3 nitrogen and oxygen atoms in total. The van der Waals surface area contributed by atoms with Crippen LogP contribution in [-0.4, -0.2) is 6.61 Å². The van der Waals surface area contributed by atoms with E-state index in [0.29, 0.717) is 18.0 Å². The van der Waals surface area contributed by atoms with Gasteiger partial charge in [-0.05, 0) is 49.4 Å². The summed E-state index contributed by atoms with van der Waals surface area (Å²) in [4.78, 5) is 0. The molecule has 0 aromatic heterocycles. The Morgan fingerprint density at radius 2 is 2.05 bits per heavy atom. The van der Waals surface area contributed by atoms with Gasteiger partial charge in [0.25, 0.3) is 0 Å². The molecule has 110 valence electrons. The highest BCUT2D eigenvalue weighted by Crippen LogP contribution is 2.35. The molecule has 0 heterocycles. The first-order valence-corrected chi connectivity index (χ1v) is 7.54. The number of fused-ring (bicyclic) bond motifs is 1. The molecule has 1 unspecified atom stereocenters. The van der Waals surface area contributed by atoms with E-state index in [0.717, 1.165) is 25.0 Å². The van der Waals surface area contributed by atoms with Crippen molar-refractivity contribution in [3.8, 4) is 11.5 Å². The van der Waals surface area contributed by atoms with E-state index >= 15 is 0 Å². The summed E-state index contributed by atoms with van der Waals surface area (Å²) in [5.41, 5.74) is 9.25. The van der Waals surface area contributed by atoms with Crippen LogP contribution < -0.4 is 15.2 Å². The Morgan fingerprint density at radius 1 is 1.19 bits per heavy atom. The van der Waals surface area contributed by atoms with Crippen LogP contribution in [0.4, 0.5) is 5.69 Å². The number of hydrogen-bond acceptors (Lipinski definition) is 3. The van der Waals surface area contributed by atoms with Gasteiger partial charge in [-0.2, -0.15) is 0 Å². The molecule has 1 aliphatic carbocycles. The average Bonchev–Trinajstić information content (AvgIpc) is 2.51. The molecule has 1 atom stereocenters. The van der Waals surface area contributed by atoms with Gasteiger partial charge in [-0.1, -0.05) is 24.3 Å². The van der Waals surface area contributed by atoms with Gasteiger partial charge < -0.3 is 15.2 Å². The normalized spacial score (nSPS) is 17.1. The van der Waals surface area contributed by atoms with Crippen LogP contribution >= 0.6 is 0 Å². The lowest BCUT2D eigenvalue weighted by atomic mass is 9.89. The van der Waals surface area contributed by atoms with Crippen molar-refractivity contribution in [2.75, 3.05) is 12.3 Å². The third-order valence-corrected chi connectivity index (χ3v) is 3.88. The van der Waals surface area contributed by atoms with Crippen LogP contribution in [0.2, 0.25) is 0 Å². The summed E-state index contributed by atoms with van der Waals surface area (Å²) in [5, 5.41) is 0. The Bertz CT molecular complexity index is 624. The van der Waals surface area contributed by atoms with Gasteiger partial charge in [0.05, 0.1) is 12.3 Å². The molecule has 3 heteroatoms. The van der Waals surface area contributed by atoms with Crippen LogP contribution in [0.25, 0.3) is 0 Å². The second kappa shape index (κ2) is 6.08. The molecule has 0 saturated heterocycles. The number of benzene rings is 2. The van der Waals surface area contributed by atoms with Crippen LogP contribution in [-0.2, 0) is 6.42 Å². The summed E-state index contributed by atoms with van der Waals surface area (Å²) >= 11 is 0.